The van der Waals surface area contributed by atoms with Crippen LogP contribution in [0.3, 0.4) is 0 Å². The maximum absolute atomic E-state index is 13.3. The van der Waals surface area contributed by atoms with Crippen LogP contribution in [0.1, 0.15) is 52.9 Å². The van der Waals surface area contributed by atoms with Gasteiger partial charge in [-0.2, -0.15) is 0 Å². The number of benzene rings is 1. The smallest absolute Gasteiger partial charge is 0.246 e. The average molecular weight is 383 g/mol. The molecule has 2 N–H and O–H groups in total. The molecule has 1 atom stereocenters. The van der Waals surface area contributed by atoms with E-state index in [0.717, 1.165) is 25.7 Å². The van der Waals surface area contributed by atoms with Gasteiger partial charge in [0.2, 0.25) is 11.8 Å². The zero-order valence-corrected chi connectivity index (χ0v) is 16.4. The van der Waals surface area contributed by atoms with Crippen molar-refractivity contribution in [1.82, 2.24) is 5.32 Å². The summed E-state index contributed by atoms with van der Waals surface area (Å²) in [5.41, 5.74) is 0.413. The van der Waals surface area contributed by atoms with E-state index < -0.39 is 11.9 Å². The van der Waals surface area contributed by atoms with Gasteiger partial charge in [-0.1, -0.05) is 32.4 Å². The lowest BCUT2D eigenvalue weighted by Crippen LogP contribution is -2.47. The first-order valence-electron chi connectivity index (χ1n) is 9.32. The molecule has 0 aromatic heterocycles. The summed E-state index contributed by atoms with van der Waals surface area (Å²) in [7, 11) is 0. The highest BCUT2D eigenvalue weighted by molar-refractivity contribution is 6.31. The molecule has 26 heavy (non-hydrogen) atoms. The third kappa shape index (κ3) is 5.97. The second-order valence-corrected chi connectivity index (χ2v) is 8.17. The van der Waals surface area contributed by atoms with E-state index >= 15 is 0 Å². The summed E-state index contributed by atoms with van der Waals surface area (Å²) in [6, 6.07) is 3.41. The Labute approximate surface area is 159 Å². The van der Waals surface area contributed by atoms with E-state index in [1.54, 1.807) is 0 Å². The number of nitrogens with one attached hydrogen (secondary N) is 2. The number of halogens is 2. The van der Waals surface area contributed by atoms with Gasteiger partial charge in [0.15, 0.2) is 0 Å². The van der Waals surface area contributed by atoms with E-state index in [9.17, 15) is 14.0 Å². The monoisotopic (exact) mass is 382 g/mol. The molecule has 1 aromatic rings. The maximum atomic E-state index is 13.3. The first-order chi connectivity index (χ1) is 12.3. The quantitative estimate of drug-likeness (QED) is 0.744. The fourth-order valence-corrected chi connectivity index (χ4v) is 3.50. The molecule has 0 unspecified atom stereocenters. The standard InChI is InChI=1S/C20H28ClFN2O2/c1-12(2)10-18(24-19(25)14-6-4-13(3)5-7-14)20(26)23-15-8-9-17(22)16(21)11-15/h8-9,11-14,18H,4-7,10H2,1-3H3,(H,23,26)(H,24,25)/t13?,14?,18-/m1/s1. The summed E-state index contributed by atoms with van der Waals surface area (Å²) in [6.07, 6.45) is 4.38. The minimum absolute atomic E-state index is 0.0195. The number of anilines is 1. The molecule has 0 bridgehead atoms. The van der Waals surface area contributed by atoms with E-state index in [2.05, 4.69) is 17.6 Å². The lowest BCUT2D eigenvalue weighted by molar-refractivity contribution is -0.130. The molecule has 0 saturated heterocycles. The molecule has 6 heteroatoms. The van der Waals surface area contributed by atoms with Crippen LogP contribution in [0.4, 0.5) is 10.1 Å². The molecule has 144 valence electrons. The fraction of sp³-hybridized carbons (Fsp3) is 0.600. The van der Waals surface area contributed by atoms with Gasteiger partial charge in [-0.3, -0.25) is 9.59 Å². The molecule has 2 amide bonds. The van der Waals surface area contributed by atoms with Gasteiger partial charge in [-0.05, 0) is 62.1 Å². The van der Waals surface area contributed by atoms with Gasteiger partial charge in [0.25, 0.3) is 0 Å². The topological polar surface area (TPSA) is 58.2 Å². The van der Waals surface area contributed by atoms with Crippen LogP contribution in [-0.2, 0) is 9.59 Å². The van der Waals surface area contributed by atoms with Gasteiger partial charge in [-0.15, -0.1) is 0 Å². The zero-order valence-electron chi connectivity index (χ0n) is 15.6. The van der Waals surface area contributed by atoms with Crippen molar-refractivity contribution in [3.63, 3.8) is 0 Å². The summed E-state index contributed by atoms with van der Waals surface area (Å²) in [6.45, 7) is 6.21. The Kier molecular flexibility index (Phi) is 7.44. The van der Waals surface area contributed by atoms with Crippen molar-refractivity contribution in [2.75, 3.05) is 5.32 Å². The summed E-state index contributed by atoms with van der Waals surface area (Å²) < 4.78 is 13.3. The normalized spacial score (nSPS) is 21.3. The Morgan fingerprint density at radius 3 is 2.46 bits per heavy atom. The Morgan fingerprint density at radius 1 is 1.23 bits per heavy atom. The first kappa shape index (κ1) is 20.7. The van der Waals surface area contributed by atoms with Crippen LogP contribution in [-0.4, -0.2) is 17.9 Å². The minimum atomic E-state index is -0.620. The van der Waals surface area contributed by atoms with Crippen LogP contribution in [0.15, 0.2) is 18.2 Å². The molecule has 1 fully saturated rings. The molecule has 0 radical (unpaired) electrons. The Morgan fingerprint density at radius 2 is 1.88 bits per heavy atom. The molecule has 2 rings (SSSR count). The van der Waals surface area contributed by atoms with E-state index in [1.165, 1.54) is 18.2 Å². The van der Waals surface area contributed by atoms with Crippen LogP contribution in [0.5, 0.6) is 0 Å². The van der Waals surface area contributed by atoms with Crippen LogP contribution >= 0.6 is 11.6 Å². The molecular weight excluding hydrogens is 355 g/mol. The molecule has 0 heterocycles. The number of amides is 2. The van der Waals surface area contributed by atoms with E-state index in [0.29, 0.717) is 18.0 Å². The summed E-state index contributed by atoms with van der Waals surface area (Å²) in [5.74, 6) is -0.00263. The van der Waals surface area contributed by atoms with Gasteiger partial charge >= 0.3 is 0 Å². The predicted molar refractivity (Wildman–Crippen MR) is 103 cm³/mol. The highest BCUT2D eigenvalue weighted by Crippen LogP contribution is 2.28. The Bertz CT molecular complexity index is 643. The predicted octanol–water partition coefficient (Wildman–Crippen LogP) is 4.77. The summed E-state index contributed by atoms with van der Waals surface area (Å²) in [4.78, 5) is 25.2. The average Bonchev–Trinajstić information content (AvgIpc) is 2.57. The second-order valence-electron chi connectivity index (χ2n) is 7.77. The van der Waals surface area contributed by atoms with Gasteiger partial charge in [0, 0.05) is 11.6 Å². The van der Waals surface area contributed by atoms with Gasteiger partial charge in [0.05, 0.1) is 5.02 Å². The van der Waals surface area contributed by atoms with Crippen molar-refractivity contribution in [2.45, 2.75) is 58.9 Å². The van der Waals surface area contributed by atoms with Gasteiger partial charge in [-0.25, -0.2) is 4.39 Å². The van der Waals surface area contributed by atoms with Gasteiger partial charge in [0.1, 0.15) is 11.9 Å². The van der Waals surface area contributed by atoms with E-state index in [4.69, 9.17) is 11.6 Å². The number of carbonyl (C=O) groups excluding carboxylic acids is 2. The Hall–Kier alpha value is -1.62. The van der Waals surface area contributed by atoms with Gasteiger partial charge < -0.3 is 10.6 Å². The SMILES string of the molecule is CC(C)C[C@@H](NC(=O)C1CCC(C)CC1)C(=O)Nc1ccc(F)c(Cl)c1. The first-order valence-corrected chi connectivity index (χ1v) is 9.70. The number of hydrogen-bond donors (Lipinski definition) is 2. The number of rotatable bonds is 6. The third-order valence-corrected chi connectivity index (χ3v) is 5.20. The molecule has 0 spiro atoms. The lowest BCUT2D eigenvalue weighted by Gasteiger charge is -2.28. The number of carbonyl (C=O) groups is 2. The summed E-state index contributed by atoms with van der Waals surface area (Å²) >= 11 is 5.76. The minimum Gasteiger partial charge on any atom is -0.344 e. The molecule has 0 aliphatic heterocycles. The fourth-order valence-electron chi connectivity index (χ4n) is 3.32. The third-order valence-electron chi connectivity index (χ3n) is 4.91. The molecule has 1 aromatic carbocycles. The zero-order chi connectivity index (χ0) is 19.3. The van der Waals surface area contributed by atoms with Crippen LogP contribution < -0.4 is 10.6 Å². The van der Waals surface area contributed by atoms with Crippen molar-refractivity contribution in [3.8, 4) is 0 Å². The van der Waals surface area contributed by atoms with Crippen molar-refractivity contribution >= 4 is 29.1 Å². The molecule has 1 aliphatic rings. The highest BCUT2D eigenvalue weighted by Gasteiger charge is 2.28. The molecule has 4 nitrogen and oxygen atoms in total. The van der Waals surface area contributed by atoms with Crippen molar-refractivity contribution < 1.29 is 14.0 Å². The molecule has 1 aliphatic carbocycles. The number of hydrogen-bond acceptors (Lipinski definition) is 2. The summed E-state index contributed by atoms with van der Waals surface area (Å²) in [5, 5.41) is 5.59. The van der Waals surface area contributed by atoms with E-state index in [1.807, 2.05) is 13.8 Å². The van der Waals surface area contributed by atoms with Crippen molar-refractivity contribution in [1.29, 1.82) is 0 Å². The second kappa shape index (κ2) is 9.36. The lowest BCUT2D eigenvalue weighted by atomic mass is 9.82. The largest absolute Gasteiger partial charge is 0.344 e. The molecule has 1 saturated carbocycles. The van der Waals surface area contributed by atoms with Crippen molar-refractivity contribution in [3.05, 3.63) is 29.0 Å². The van der Waals surface area contributed by atoms with Crippen LogP contribution in [0.2, 0.25) is 5.02 Å². The van der Waals surface area contributed by atoms with E-state index in [-0.39, 0.29) is 28.7 Å². The molecular formula is C20H28ClFN2O2. The van der Waals surface area contributed by atoms with Crippen LogP contribution in [0, 0.1) is 23.6 Å². The Balaban J connectivity index is 2.01. The van der Waals surface area contributed by atoms with Crippen LogP contribution in [0.25, 0.3) is 0 Å². The van der Waals surface area contributed by atoms with Crippen molar-refractivity contribution in [2.24, 2.45) is 17.8 Å². The maximum Gasteiger partial charge on any atom is 0.246 e. The highest BCUT2D eigenvalue weighted by atomic mass is 35.5.